The molecule has 116 valence electrons. The van der Waals surface area contributed by atoms with E-state index in [1.807, 2.05) is 45.9 Å². The van der Waals surface area contributed by atoms with E-state index in [0.29, 0.717) is 11.0 Å². The van der Waals surface area contributed by atoms with Gasteiger partial charge in [-0.05, 0) is 44.9 Å². The Morgan fingerprint density at radius 3 is 2.68 bits per heavy atom. The van der Waals surface area contributed by atoms with Crippen LogP contribution in [0.25, 0.3) is 0 Å². The number of benzene rings is 1. The second-order valence-corrected chi connectivity index (χ2v) is 6.52. The lowest BCUT2D eigenvalue weighted by atomic mass is 10.1. The summed E-state index contributed by atoms with van der Waals surface area (Å²) in [5.41, 5.74) is 9.55. The molecule has 2 aromatic rings. The topological polar surface area (TPSA) is 80.9 Å². The summed E-state index contributed by atoms with van der Waals surface area (Å²) in [7, 11) is 0. The first-order valence-corrected chi connectivity index (χ1v) is 7.89. The summed E-state index contributed by atoms with van der Waals surface area (Å²) in [5.74, 6) is 0.333. The highest BCUT2D eigenvalue weighted by molar-refractivity contribution is 8.00. The lowest BCUT2D eigenvalue weighted by molar-refractivity contribution is -0.115. The second-order valence-electron chi connectivity index (χ2n) is 5.21. The largest absolute Gasteiger partial charge is 0.384 e. The minimum Gasteiger partial charge on any atom is -0.384 e. The van der Waals surface area contributed by atoms with Gasteiger partial charge in [0.2, 0.25) is 5.91 Å². The average Bonchev–Trinajstić information content (AvgIpc) is 2.42. The molecule has 1 aromatic heterocycles. The number of carbonyl (C=O) groups excluding carboxylic acids is 1. The predicted octanol–water partition coefficient (Wildman–Crippen LogP) is 3.10. The van der Waals surface area contributed by atoms with Gasteiger partial charge in [0.15, 0.2) is 5.16 Å². The number of thioether (sulfide) groups is 1. The molecule has 0 saturated heterocycles. The van der Waals surface area contributed by atoms with Crippen LogP contribution in [0.3, 0.4) is 0 Å². The van der Waals surface area contributed by atoms with E-state index in [4.69, 9.17) is 5.73 Å². The van der Waals surface area contributed by atoms with E-state index in [0.717, 1.165) is 22.5 Å². The molecule has 1 amide bonds. The SMILES string of the molecule is Cc1cc(N)nc(SC(C)C(=O)Nc2cccc(C)c2C)n1. The lowest BCUT2D eigenvalue weighted by Gasteiger charge is -2.14. The van der Waals surface area contributed by atoms with E-state index in [1.54, 1.807) is 6.07 Å². The van der Waals surface area contributed by atoms with Gasteiger partial charge >= 0.3 is 0 Å². The highest BCUT2D eigenvalue weighted by Crippen LogP contribution is 2.23. The second kappa shape index (κ2) is 6.79. The van der Waals surface area contributed by atoms with Crippen molar-refractivity contribution < 1.29 is 4.79 Å². The molecule has 0 aliphatic rings. The Kier molecular flexibility index (Phi) is 5.03. The Bertz CT molecular complexity index is 682. The van der Waals surface area contributed by atoms with Gasteiger partial charge in [-0.1, -0.05) is 23.9 Å². The number of nitrogens with one attached hydrogen (secondary N) is 1. The first-order chi connectivity index (χ1) is 10.4. The van der Waals surface area contributed by atoms with Crippen LogP contribution in [0.2, 0.25) is 0 Å². The Morgan fingerprint density at radius 1 is 1.27 bits per heavy atom. The van der Waals surface area contributed by atoms with Crippen LogP contribution in [0.5, 0.6) is 0 Å². The number of nitrogens with two attached hydrogens (primary N) is 1. The van der Waals surface area contributed by atoms with E-state index in [-0.39, 0.29) is 11.2 Å². The van der Waals surface area contributed by atoms with Gasteiger partial charge in [-0.3, -0.25) is 4.79 Å². The van der Waals surface area contributed by atoms with Gasteiger partial charge in [0.05, 0.1) is 5.25 Å². The zero-order valence-electron chi connectivity index (χ0n) is 13.2. The molecule has 3 N–H and O–H groups in total. The number of hydrogen-bond acceptors (Lipinski definition) is 5. The van der Waals surface area contributed by atoms with E-state index in [1.165, 1.54) is 11.8 Å². The van der Waals surface area contributed by atoms with Crippen LogP contribution >= 0.6 is 11.8 Å². The van der Waals surface area contributed by atoms with Crippen molar-refractivity contribution in [1.82, 2.24) is 9.97 Å². The number of carbonyl (C=O) groups is 1. The van der Waals surface area contributed by atoms with Crippen LogP contribution in [0.15, 0.2) is 29.4 Å². The van der Waals surface area contributed by atoms with E-state index < -0.39 is 0 Å². The number of anilines is 2. The van der Waals surface area contributed by atoms with Crippen molar-refractivity contribution >= 4 is 29.2 Å². The van der Waals surface area contributed by atoms with Crippen molar-refractivity contribution in [2.45, 2.75) is 38.1 Å². The monoisotopic (exact) mass is 316 g/mol. The van der Waals surface area contributed by atoms with E-state index >= 15 is 0 Å². The third-order valence-corrected chi connectivity index (χ3v) is 4.33. The van der Waals surface area contributed by atoms with Crippen molar-refractivity contribution in [1.29, 1.82) is 0 Å². The van der Waals surface area contributed by atoms with Crippen LogP contribution in [-0.4, -0.2) is 21.1 Å². The molecule has 0 saturated carbocycles. The summed E-state index contributed by atoms with van der Waals surface area (Å²) in [6, 6.07) is 7.55. The zero-order chi connectivity index (χ0) is 16.3. The van der Waals surface area contributed by atoms with Crippen LogP contribution < -0.4 is 11.1 Å². The number of nitrogen functional groups attached to an aromatic ring is 1. The highest BCUT2D eigenvalue weighted by atomic mass is 32.2. The molecular weight excluding hydrogens is 296 g/mol. The van der Waals surface area contributed by atoms with Crippen molar-refractivity contribution in [2.75, 3.05) is 11.1 Å². The summed E-state index contributed by atoms with van der Waals surface area (Å²) < 4.78 is 0. The maximum Gasteiger partial charge on any atom is 0.237 e. The first-order valence-electron chi connectivity index (χ1n) is 7.01. The van der Waals surface area contributed by atoms with Gasteiger partial charge in [-0.15, -0.1) is 0 Å². The van der Waals surface area contributed by atoms with E-state index in [2.05, 4.69) is 15.3 Å². The first kappa shape index (κ1) is 16.3. The summed E-state index contributed by atoms with van der Waals surface area (Å²) in [6.07, 6.45) is 0. The molecule has 1 aromatic carbocycles. The fraction of sp³-hybridized carbons (Fsp3) is 0.312. The van der Waals surface area contributed by atoms with Gasteiger partial charge in [0.25, 0.3) is 0 Å². The molecule has 22 heavy (non-hydrogen) atoms. The zero-order valence-corrected chi connectivity index (χ0v) is 14.0. The molecule has 0 aliphatic carbocycles. The molecule has 0 spiro atoms. The normalized spacial score (nSPS) is 12.0. The van der Waals surface area contributed by atoms with Gasteiger partial charge in [0, 0.05) is 17.4 Å². The van der Waals surface area contributed by atoms with Crippen LogP contribution in [0, 0.1) is 20.8 Å². The van der Waals surface area contributed by atoms with Gasteiger partial charge < -0.3 is 11.1 Å². The molecule has 5 nitrogen and oxygen atoms in total. The fourth-order valence-corrected chi connectivity index (χ4v) is 2.79. The third-order valence-electron chi connectivity index (χ3n) is 3.37. The Balaban J connectivity index is 2.07. The fourth-order valence-electron chi connectivity index (χ4n) is 1.95. The van der Waals surface area contributed by atoms with E-state index in [9.17, 15) is 4.79 Å². The van der Waals surface area contributed by atoms with Crippen molar-refractivity contribution in [2.24, 2.45) is 0 Å². The summed E-state index contributed by atoms with van der Waals surface area (Å²) in [6.45, 7) is 7.69. The number of nitrogens with zero attached hydrogens (tertiary/aromatic N) is 2. The van der Waals surface area contributed by atoms with Crippen LogP contribution in [0.1, 0.15) is 23.7 Å². The standard InChI is InChI=1S/C16H20N4OS/c1-9-6-5-7-13(11(9)3)19-15(21)12(4)22-16-18-10(2)8-14(17)20-16/h5-8,12H,1-4H3,(H,19,21)(H2,17,18,20). The van der Waals surface area contributed by atoms with Crippen molar-refractivity contribution in [3.05, 3.63) is 41.1 Å². The number of aryl methyl sites for hydroxylation is 2. The van der Waals surface area contributed by atoms with Gasteiger partial charge in [-0.2, -0.15) is 0 Å². The third kappa shape index (κ3) is 3.98. The minimum absolute atomic E-state index is 0.0811. The molecule has 6 heteroatoms. The molecule has 1 heterocycles. The molecule has 0 bridgehead atoms. The van der Waals surface area contributed by atoms with Gasteiger partial charge in [0.1, 0.15) is 5.82 Å². The Morgan fingerprint density at radius 2 is 2.00 bits per heavy atom. The molecule has 1 atom stereocenters. The Labute approximate surface area is 134 Å². The lowest BCUT2D eigenvalue weighted by Crippen LogP contribution is -2.23. The number of rotatable bonds is 4. The molecular formula is C16H20N4OS. The average molecular weight is 316 g/mol. The molecule has 0 aliphatic heterocycles. The smallest absolute Gasteiger partial charge is 0.237 e. The number of aromatic nitrogens is 2. The molecule has 1 unspecified atom stereocenters. The van der Waals surface area contributed by atoms with Crippen molar-refractivity contribution in [3.63, 3.8) is 0 Å². The maximum absolute atomic E-state index is 12.3. The quantitative estimate of drug-likeness (QED) is 0.669. The molecule has 2 rings (SSSR count). The van der Waals surface area contributed by atoms with Crippen molar-refractivity contribution in [3.8, 4) is 0 Å². The van der Waals surface area contributed by atoms with Gasteiger partial charge in [-0.25, -0.2) is 9.97 Å². The summed E-state index contributed by atoms with van der Waals surface area (Å²) >= 11 is 1.30. The summed E-state index contributed by atoms with van der Waals surface area (Å²) in [5, 5.41) is 3.15. The predicted molar refractivity (Wildman–Crippen MR) is 91.0 cm³/mol. The molecule has 0 radical (unpaired) electrons. The number of amides is 1. The van der Waals surface area contributed by atoms with Crippen LogP contribution in [-0.2, 0) is 4.79 Å². The minimum atomic E-state index is -0.318. The molecule has 0 fully saturated rings. The number of hydrogen-bond donors (Lipinski definition) is 2. The summed E-state index contributed by atoms with van der Waals surface area (Å²) in [4.78, 5) is 20.8. The Hall–Kier alpha value is -2.08. The van der Waals surface area contributed by atoms with Crippen LogP contribution in [0.4, 0.5) is 11.5 Å². The maximum atomic E-state index is 12.3. The highest BCUT2D eigenvalue weighted by Gasteiger charge is 2.17.